The zero-order chi connectivity index (χ0) is 21.6. The molecule has 2 unspecified atom stereocenters. The zero-order valence-corrected chi connectivity index (χ0v) is 18.1. The molecule has 4 saturated carbocycles. The number of hydrogen-bond acceptors (Lipinski definition) is 5. The Hall–Kier alpha value is -2.15. The van der Waals surface area contributed by atoms with Crippen molar-refractivity contribution >= 4 is 17.6 Å². The van der Waals surface area contributed by atoms with E-state index in [9.17, 15) is 14.7 Å². The third kappa shape index (κ3) is 4.29. The quantitative estimate of drug-likeness (QED) is 0.646. The Morgan fingerprint density at radius 3 is 2.52 bits per heavy atom. The van der Waals surface area contributed by atoms with Crippen molar-refractivity contribution in [1.29, 1.82) is 0 Å². The minimum atomic E-state index is -0.487. The van der Waals surface area contributed by atoms with Crippen LogP contribution in [-0.2, 0) is 4.79 Å². The molecule has 6 rings (SSSR count). The van der Waals surface area contributed by atoms with Gasteiger partial charge in [-0.15, -0.1) is 0 Å². The van der Waals surface area contributed by atoms with Crippen LogP contribution in [0.4, 0.5) is 5.82 Å². The van der Waals surface area contributed by atoms with E-state index in [2.05, 4.69) is 15.2 Å². The molecule has 5 aliphatic rings. The highest BCUT2D eigenvalue weighted by atomic mass is 16.3. The number of nitrogens with zero attached hydrogens (tertiary/aromatic N) is 2. The molecule has 2 atom stereocenters. The molecule has 7 heteroatoms. The van der Waals surface area contributed by atoms with E-state index in [1.54, 1.807) is 6.07 Å². The Bertz CT molecular complexity index is 835. The number of nitrogens with one attached hydrogen (secondary N) is 1. The van der Waals surface area contributed by atoms with Gasteiger partial charge < -0.3 is 21.1 Å². The molecule has 5 fully saturated rings. The van der Waals surface area contributed by atoms with E-state index in [1.807, 2.05) is 12.1 Å². The SMILES string of the molecule is NC(=O)CCC1CCN(c2cccc(C(=O)NC3C4CC5CC3CC(O)(C5)C4)n2)CC1. The van der Waals surface area contributed by atoms with Gasteiger partial charge in [-0.1, -0.05) is 6.07 Å². The Morgan fingerprint density at radius 1 is 1.16 bits per heavy atom. The van der Waals surface area contributed by atoms with Crippen LogP contribution < -0.4 is 16.0 Å². The van der Waals surface area contributed by atoms with Gasteiger partial charge in [0.1, 0.15) is 11.5 Å². The molecule has 1 aliphatic heterocycles. The van der Waals surface area contributed by atoms with Crippen molar-refractivity contribution in [3.8, 4) is 0 Å². The molecule has 2 heterocycles. The average molecular weight is 427 g/mol. The normalized spacial score (nSPS) is 34.7. The Morgan fingerprint density at radius 2 is 1.87 bits per heavy atom. The monoisotopic (exact) mass is 426 g/mol. The molecule has 1 aromatic heterocycles. The van der Waals surface area contributed by atoms with Gasteiger partial charge in [-0.3, -0.25) is 9.59 Å². The lowest BCUT2D eigenvalue weighted by atomic mass is 9.52. The first-order chi connectivity index (χ1) is 14.9. The topological polar surface area (TPSA) is 109 Å². The molecule has 1 aromatic rings. The molecule has 4 N–H and O–H groups in total. The summed E-state index contributed by atoms with van der Waals surface area (Å²) in [4.78, 5) is 31.0. The fourth-order valence-corrected chi connectivity index (χ4v) is 6.97. The lowest BCUT2D eigenvalue weighted by Gasteiger charge is -2.58. The van der Waals surface area contributed by atoms with Crippen LogP contribution in [-0.4, -0.2) is 46.6 Å². The smallest absolute Gasteiger partial charge is 0.270 e. The van der Waals surface area contributed by atoms with Crippen LogP contribution in [0.3, 0.4) is 0 Å². The Labute approximate surface area is 183 Å². The van der Waals surface area contributed by atoms with E-state index in [4.69, 9.17) is 5.73 Å². The van der Waals surface area contributed by atoms with E-state index >= 15 is 0 Å². The fraction of sp³-hybridized carbons (Fsp3) is 0.708. The van der Waals surface area contributed by atoms with Gasteiger partial charge in [0.15, 0.2) is 0 Å². The van der Waals surface area contributed by atoms with Crippen molar-refractivity contribution in [1.82, 2.24) is 10.3 Å². The van der Waals surface area contributed by atoms with Gasteiger partial charge in [-0.25, -0.2) is 4.98 Å². The number of carbonyl (C=O) groups excluding carboxylic acids is 2. The molecule has 4 bridgehead atoms. The molecular formula is C24H34N4O3. The van der Waals surface area contributed by atoms with Crippen molar-refractivity contribution in [3.63, 3.8) is 0 Å². The first kappa shape index (κ1) is 20.7. The van der Waals surface area contributed by atoms with Crippen LogP contribution in [0.5, 0.6) is 0 Å². The van der Waals surface area contributed by atoms with E-state index < -0.39 is 5.60 Å². The molecular weight excluding hydrogens is 392 g/mol. The second kappa shape index (κ2) is 8.08. The molecule has 7 nitrogen and oxygen atoms in total. The molecule has 168 valence electrons. The highest BCUT2D eigenvalue weighted by Gasteiger charge is 2.55. The highest BCUT2D eigenvalue weighted by Crippen LogP contribution is 2.55. The van der Waals surface area contributed by atoms with Crippen LogP contribution in [0, 0.1) is 23.7 Å². The van der Waals surface area contributed by atoms with Crippen molar-refractivity contribution in [2.24, 2.45) is 29.4 Å². The zero-order valence-electron chi connectivity index (χ0n) is 18.1. The van der Waals surface area contributed by atoms with Crippen LogP contribution in [0.25, 0.3) is 0 Å². The number of piperidine rings is 1. The van der Waals surface area contributed by atoms with Crippen LogP contribution in [0.1, 0.15) is 68.3 Å². The Kier molecular flexibility index (Phi) is 5.40. The minimum Gasteiger partial charge on any atom is -0.390 e. The second-order valence-corrected chi connectivity index (χ2v) is 10.5. The summed E-state index contributed by atoms with van der Waals surface area (Å²) >= 11 is 0. The summed E-state index contributed by atoms with van der Waals surface area (Å²) in [7, 11) is 0. The summed E-state index contributed by atoms with van der Waals surface area (Å²) in [6.07, 6.45) is 8.19. The van der Waals surface area contributed by atoms with Crippen molar-refractivity contribution in [3.05, 3.63) is 23.9 Å². The van der Waals surface area contributed by atoms with Gasteiger partial charge in [-0.2, -0.15) is 0 Å². The summed E-state index contributed by atoms with van der Waals surface area (Å²) in [6, 6.07) is 5.84. The molecule has 31 heavy (non-hydrogen) atoms. The first-order valence-corrected chi connectivity index (χ1v) is 11.9. The van der Waals surface area contributed by atoms with Crippen LogP contribution in [0.2, 0.25) is 0 Å². The summed E-state index contributed by atoms with van der Waals surface area (Å²) < 4.78 is 0. The van der Waals surface area contributed by atoms with E-state index in [-0.39, 0.29) is 17.9 Å². The van der Waals surface area contributed by atoms with Crippen molar-refractivity contribution in [2.45, 2.75) is 69.4 Å². The van der Waals surface area contributed by atoms with Crippen molar-refractivity contribution < 1.29 is 14.7 Å². The third-order valence-electron chi connectivity index (χ3n) is 8.24. The minimum absolute atomic E-state index is 0.0948. The predicted molar refractivity (Wildman–Crippen MR) is 117 cm³/mol. The molecule has 0 spiro atoms. The number of aliphatic hydroxyl groups is 1. The van der Waals surface area contributed by atoms with Crippen molar-refractivity contribution in [2.75, 3.05) is 18.0 Å². The van der Waals surface area contributed by atoms with Gasteiger partial charge in [0.2, 0.25) is 5.91 Å². The summed E-state index contributed by atoms with van der Waals surface area (Å²) in [5.74, 6) is 2.47. The summed E-state index contributed by atoms with van der Waals surface area (Å²) in [5.41, 5.74) is 5.26. The number of nitrogens with two attached hydrogens (primary N) is 1. The molecule has 0 radical (unpaired) electrons. The highest BCUT2D eigenvalue weighted by molar-refractivity contribution is 5.93. The van der Waals surface area contributed by atoms with Gasteiger partial charge in [0, 0.05) is 25.6 Å². The van der Waals surface area contributed by atoms with E-state index in [0.29, 0.717) is 35.8 Å². The maximum Gasteiger partial charge on any atom is 0.270 e. The van der Waals surface area contributed by atoms with Gasteiger partial charge in [-0.05, 0) is 87.2 Å². The lowest BCUT2D eigenvalue weighted by molar-refractivity contribution is -0.137. The Balaban J connectivity index is 1.20. The maximum absolute atomic E-state index is 13.1. The standard InChI is InChI=1S/C24H34N4O3/c25-20(29)5-4-15-6-8-28(9-7-15)21-3-1-2-19(26-21)23(30)27-22-17-10-16-11-18(22)14-24(31,12-16)13-17/h1-3,15-18,22,31H,4-14H2,(H2,25,29)(H,27,30). The number of pyridine rings is 1. The number of primary amides is 1. The lowest BCUT2D eigenvalue weighted by Crippen LogP contribution is -2.61. The number of carbonyl (C=O) groups is 2. The largest absolute Gasteiger partial charge is 0.390 e. The van der Waals surface area contributed by atoms with Gasteiger partial charge in [0.05, 0.1) is 5.60 Å². The number of aromatic nitrogens is 1. The second-order valence-electron chi connectivity index (χ2n) is 10.5. The molecule has 2 amide bonds. The number of amides is 2. The van der Waals surface area contributed by atoms with Crippen LogP contribution >= 0.6 is 0 Å². The predicted octanol–water partition coefficient (Wildman–Crippen LogP) is 2.23. The van der Waals surface area contributed by atoms with Gasteiger partial charge >= 0.3 is 0 Å². The fourth-order valence-electron chi connectivity index (χ4n) is 6.97. The maximum atomic E-state index is 13.1. The van der Waals surface area contributed by atoms with Crippen LogP contribution in [0.15, 0.2) is 18.2 Å². The van der Waals surface area contributed by atoms with Gasteiger partial charge in [0.25, 0.3) is 5.91 Å². The summed E-state index contributed by atoms with van der Waals surface area (Å²) in [5, 5.41) is 14.1. The van der Waals surface area contributed by atoms with E-state index in [1.165, 1.54) is 0 Å². The average Bonchev–Trinajstić information content (AvgIpc) is 2.74. The molecule has 1 saturated heterocycles. The summed E-state index contributed by atoms with van der Waals surface area (Å²) in [6.45, 7) is 1.77. The molecule has 0 aromatic carbocycles. The molecule has 4 aliphatic carbocycles. The first-order valence-electron chi connectivity index (χ1n) is 11.9. The van der Waals surface area contributed by atoms with E-state index in [0.717, 1.165) is 70.3 Å². The third-order valence-corrected chi connectivity index (χ3v) is 8.24. The number of hydrogen-bond donors (Lipinski definition) is 3. The number of anilines is 1. The number of rotatable bonds is 6.